The fourth-order valence-corrected chi connectivity index (χ4v) is 1.68. The van der Waals surface area contributed by atoms with E-state index in [0.29, 0.717) is 0 Å². The normalized spacial score (nSPS) is 12.6. The summed E-state index contributed by atoms with van der Waals surface area (Å²) in [4.78, 5) is -0.185. The van der Waals surface area contributed by atoms with Gasteiger partial charge in [-0.2, -0.15) is 0 Å². The first kappa shape index (κ1) is 19.1. The Morgan fingerprint density at radius 2 is 1.20 bits per heavy atom. The molecule has 116 valence electrons. The van der Waals surface area contributed by atoms with Gasteiger partial charge in [-0.3, -0.25) is 0 Å². The van der Waals surface area contributed by atoms with E-state index in [1.165, 1.54) is 37.4 Å². The van der Waals surface area contributed by atoms with E-state index >= 15 is 0 Å². The van der Waals surface area contributed by atoms with E-state index in [0.717, 1.165) is 8.97 Å². The van der Waals surface area contributed by atoms with Gasteiger partial charge in [0, 0.05) is 0 Å². The van der Waals surface area contributed by atoms with E-state index in [1.807, 2.05) is 0 Å². The van der Waals surface area contributed by atoms with Crippen LogP contribution in [-0.2, 0) is 10.1 Å². The van der Waals surface area contributed by atoms with Gasteiger partial charge >= 0.3 is 0 Å². The Balaban J connectivity index is 0.000000361. The predicted octanol–water partition coefficient (Wildman–Crippen LogP) is 0.990. The van der Waals surface area contributed by atoms with Crippen molar-refractivity contribution in [2.75, 3.05) is 55.4 Å². The molecule has 0 heterocycles. The summed E-state index contributed by atoms with van der Waals surface area (Å²) in [7, 11) is 9.14. The zero-order valence-corrected chi connectivity index (χ0v) is 14.1. The highest BCUT2D eigenvalue weighted by molar-refractivity contribution is 7.85. The molecule has 0 N–H and O–H groups in total. The van der Waals surface area contributed by atoms with Crippen molar-refractivity contribution >= 4 is 10.1 Å². The van der Waals surface area contributed by atoms with Crippen molar-refractivity contribution < 1.29 is 21.9 Å². The maximum absolute atomic E-state index is 10.3. The van der Waals surface area contributed by atoms with Gasteiger partial charge in [0.25, 0.3) is 0 Å². The largest absolute Gasteiger partial charge is 0.744 e. The molecule has 0 radical (unpaired) electrons. The maximum Gasteiger partial charge on any atom is 0.128 e. The molecule has 0 fully saturated rings. The van der Waals surface area contributed by atoms with Gasteiger partial charge in [0.15, 0.2) is 0 Å². The van der Waals surface area contributed by atoms with Gasteiger partial charge in [-0.05, 0) is 12.1 Å². The van der Waals surface area contributed by atoms with Crippen LogP contribution < -0.4 is 0 Å². The smallest absolute Gasteiger partial charge is 0.128 e. The monoisotopic (exact) mass is 303 g/mol. The molecule has 1 aromatic carbocycles. The third kappa shape index (κ3) is 10.9. The van der Waals surface area contributed by atoms with Gasteiger partial charge < -0.3 is 13.5 Å². The van der Waals surface area contributed by atoms with E-state index in [-0.39, 0.29) is 4.90 Å². The van der Waals surface area contributed by atoms with Crippen molar-refractivity contribution in [2.45, 2.75) is 4.90 Å². The Kier molecular flexibility index (Phi) is 6.83. The minimum atomic E-state index is -4.25. The number of hydrogen-bond donors (Lipinski definition) is 0. The number of rotatable bonds is 4. The van der Waals surface area contributed by atoms with Gasteiger partial charge in [0.2, 0.25) is 0 Å². The maximum atomic E-state index is 10.3. The van der Waals surface area contributed by atoms with Gasteiger partial charge in [0.1, 0.15) is 23.2 Å². The van der Waals surface area contributed by atoms with E-state index in [4.69, 9.17) is 0 Å². The molecule has 0 atom stereocenters. The standard InChI is InChI=1S/C8H22N2.C6H6O3S/c1-9(2,3)7-8-10(4,5)6;7-10(8,9)6-4-2-1-3-5-6/h7-8H2,1-6H3;1-5H,(H,7,8,9)/q+2;/p-1. The molecule has 0 saturated heterocycles. The lowest BCUT2D eigenvalue weighted by atomic mass is 10.4. The average molecular weight is 303 g/mol. The molecule has 6 heteroatoms. The van der Waals surface area contributed by atoms with Gasteiger partial charge in [-0.25, -0.2) is 8.42 Å². The summed E-state index contributed by atoms with van der Waals surface area (Å²) < 4.78 is 33.0. The van der Waals surface area contributed by atoms with Crippen LogP contribution in [0.4, 0.5) is 0 Å². The molecule has 0 unspecified atom stereocenters. The Morgan fingerprint density at radius 3 is 1.40 bits per heavy atom. The molecule has 0 bridgehead atoms. The second kappa shape index (κ2) is 7.17. The third-order valence-electron chi connectivity index (χ3n) is 2.47. The summed E-state index contributed by atoms with van der Waals surface area (Å²) in [5, 5.41) is 0. The summed E-state index contributed by atoms with van der Waals surface area (Å²) in [5.41, 5.74) is 0. The Labute approximate surface area is 123 Å². The Morgan fingerprint density at radius 1 is 0.850 bits per heavy atom. The lowest BCUT2D eigenvalue weighted by Crippen LogP contribution is -2.46. The minimum Gasteiger partial charge on any atom is -0.744 e. The fourth-order valence-electron chi connectivity index (χ4n) is 1.19. The molecule has 1 aromatic rings. The lowest BCUT2D eigenvalue weighted by molar-refractivity contribution is -0.927. The van der Waals surface area contributed by atoms with Crippen LogP contribution in [0.15, 0.2) is 35.2 Å². The minimum absolute atomic E-state index is 0.185. The van der Waals surface area contributed by atoms with Gasteiger partial charge in [-0.1, -0.05) is 18.2 Å². The van der Waals surface area contributed by atoms with Gasteiger partial charge in [-0.15, -0.1) is 0 Å². The fraction of sp³-hybridized carbons (Fsp3) is 0.571. The molecule has 0 aliphatic carbocycles. The van der Waals surface area contributed by atoms with Crippen molar-refractivity contribution in [3.05, 3.63) is 30.3 Å². The quantitative estimate of drug-likeness (QED) is 0.616. The second-order valence-electron chi connectivity index (χ2n) is 6.80. The molecule has 1 rings (SSSR count). The summed E-state index contributed by atoms with van der Waals surface area (Å²) in [6, 6.07) is 7.19. The molecule has 0 amide bonds. The van der Waals surface area contributed by atoms with Crippen molar-refractivity contribution in [1.29, 1.82) is 0 Å². The van der Waals surface area contributed by atoms with Crippen LogP contribution in [0.25, 0.3) is 0 Å². The summed E-state index contributed by atoms with van der Waals surface area (Å²) in [6.07, 6.45) is 0. The topological polar surface area (TPSA) is 57.2 Å². The highest BCUT2D eigenvalue weighted by Gasteiger charge is 2.13. The van der Waals surface area contributed by atoms with E-state index in [2.05, 4.69) is 42.3 Å². The van der Waals surface area contributed by atoms with Crippen molar-refractivity contribution in [3.8, 4) is 0 Å². The van der Waals surface area contributed by atoms with E-state index in [1.54, 1.807) is 6.07 Å². The SMILES string of the molecule is C[N+](C)(C)CC[N+](C)(C)C.O=S(=O)([O-])c1ccccc1. The molecule has 0 aliphatic rings. The summed E-state index contributed by atoms with van der Waals surface area (Å²) in [6.45, 7) is 2.48. The van der Waals surface area contributed by atoms with Crippen molar-refractivity contribution in [1.82, 2.24) is 0 Å². The van der Waals surface area contributed by atoms with E-state index in [9.17, 15) is 13.0 Å². The van der Waals surface area contributed by atoms with Crippen LogP contribution in [0, 0.1) is 0 Å². The number of likely N-dealkylation sites (N-methyl/N-ethyl adjacent to an activating group) is 2. The molecule has 0 saturated carbocycles. The lowest BCUT2D eigenvalue weighted by Gasteiger charge is -2.30. The first-order valence-electron chi connectivity index (χ1n) is 6.43. The highest BCUT2D eigenvalue weighted by atomic mass is 32.2. The molecule has 20 heavy (non-hydrogen) atoms. The van der Waals surface area contributed by atoms with Gasteiger partial charge in [0.05, 0.1) is 47.2 Å². The molecular formula is C14H27N2O3S+. The Bertz CT molecular complexity index is 471. The van der Waals surface area contributed by atoms with Crippen molar-refractivity contribution in [3.63, 3.8) is 0 Å². The van der Waals surface area contributed by atoms with E-state index < -0.39 is 10.1 Å². The van der Waals surface area contributed by atoms with Crippen LogP contribution in [0.3, 0.4) is 0 Å². The summed E-state index contributed by atoms with van der Waals surface area (Å²) >= 11 is 0. The Hall–Kier alpha value is -0.950. The van der Waals surface area contributed by atoms with Crippen LogP contribution in [-0.4, -0.2) is 77.3 Å². The predicted molar refractivity (Wildman–Crippen MR) is 80.2 cm³/mol. The molecule has 5 nitrogen and oxygen atoms in total. The number of benzene rings is 1. The zero-order valence-electron chi connectivity index (χ0n) is 13.3. The number of nitrogens with zero attached hydrogens (tertiary/aromatic N) is 2. The third-order valence-corrected chi connectivity index (χ3v) is 3.32. The van der Waals surface area contributed by atoms with Crippen LogP contribution in [0.1, 0.15) is 0 Å². The summed E-state index contributed by atoms with van der Waals surface area (Å²) in [5.74, 6) is 0. The molecular weight excluding hydrogens is 276 g/mol. The number of quaternary nitrogens is 2. The van der Waals surface area contributed by atoms with Crippen LogP contribution in [0.5, 0.6) is 0 Å². The second-order valence-corrected chi connectivity index (χ2v) is 8.17. The first-order valence-corrected chi connectivity index (χ1v) is 7.84. The molecule has 0 aromatic heterocycles. The average Bonchev–Trinajstić information content (AvgIpc) is 2.26. The zero-order chi connectivity index (χ0) is 16.0. The molecule has 0 spiro atoms. The highest BCUT2D eigenvalue weighted by Crippen LogP contribution is 2.05. The molecule has 0 aliphatic heterocycles. The van der Waals surface area contributed by atoms with Crippen LogP contribution in [0.2, 0.25) is 0 Å². The number of hydrogen-bond acceptors (Lipinski definition) is 3. The first-order chi connectivity index (χ1) is 8.81. The van der Waals surface area contributed by atoms with Crippen molar-refractivity contribution in [2.24, 2.45) is 0 Å². The van der Waals surface area contributed by atoms with Crippen LogP contribution >= 0.6 is 0 Å².